The number of nitriles is 1. The summed E-state index contributed by atoms with van der Waals surface area (Å²) in [6.45, 7) is 0. The Balaban J connectivity index is 3.15. The second kappa shape index (κ2) is 1.90. The van der Waals surface area contributed by atoms with Gasteiger partial charge in [-0.05, 0) is 11.9 Å². The minimum absolute atomic E-state index is 0.524. The maximum atomic E-state index is 8.30. The second-order valence-corrected chi connectivity index (χ2v) is 2.58. The highest BCUT2D eigenvalue weighted by Gasteiger charge is 1.92. The molecule has 0 aliphatic carbocycles. The topological polar surface area (TPSA) is 49.8 Å². The average molecular weight is 124 g/mol. The number of hydrogen-bond donors (Lipinski definition) is 1. The van der Waals surface area contributed by atoms with Gasteiger partial charge >= 0.3 is 0 Å². The summed E-state index contributed by atoms with van der Waals surface area (Å²) in [5, 5.41) is 8.30. The first-order chi connectivity index (χ1) is 3.84. The van der Waals surface area contributed by atoms with Crippen molar-refractivity contribution in [1.29, 1.82) is 5.26 Å². The predicted molar refractivity (Wildman–Crippen MR) is 35.1 cm³/mol. The van der Waals surface area contributed by atoms with Crippen LogP contribution >= 0.6 is 8.19 Å². The van der Waals surface area contributed by atoms with E-state index in [4.69, 9.17) is 11.0 Å². The van der Waals surface area contributed by atoms with E-state index < -0.39 is 0 Å². The molecule has 1 rings (SSSR count). The van der Waals surface area contributed by atoms with Gasteiger partial charge in [0.05, 0.1) is 11.0 Å². The lowest BCUT2D eigenvalue weighted by atomic mass is 10.4. The molecule has 2 nitrogen and oxygen atoms in total. The first-order valence-corrected chi connectivity index (χ1v) is 3.25. The van der Waals surface area contributed by atoms with E-state index >= 15 is 0 Å². The zero-order valence-corrected chi connectivity index (χ0v) is 5.18. The van der Waals surface area contributed by atoms with Gasteiger partial charge in [0, 0.05) is 0 Å². The molecule has 0 aliphatic heterocycles. The molecule has 0 saturated carbocycles. The van der Waals surface area contributed by atoms with Crippen molar-refractivity contribution in [2.24, 2.45) is 0 Å². The van der Waals surface area contributed by atoms with Crippen molar-refractivity contribution >= 4 is 13.6 Å². The molecule has 1 unspecified atom stereocenters. The SMILES string of the molecule is N#Cc1cc[pH]c1N. The molecule has 1 aromatic rings. The molecule has 1 heterocycles. The van der Waals surface area contributed by atoms with E-state index in [-0.39, 0.29) is 0 Å². The molecule has 0 aliphatic rings. The first kappa shape index (κ1) is 5.21. The molecule has 0 fully saturated rings. The van der Waals surface area contributed by atoms with E-state index in [2.05, 4.69) is 0 Å². The van der Waals surface area contributed by atoms with Crippen LogP contribution in [0, 0.1) is 11.3 Å². The van der Waals surface area contributed by atoms with Crippen LogP contribution in [0.3, 0.4) is 0 Å². The summed E-state index contributed by atoms with van der Waals surface area (Å²) in [6.07, 6.45) is 0. The summed E-state index contributed by atoms with van der Waals surface area (Å²) < 4.78 is 0. The van der Waals surface area contributed by atoms with Gasteiger partial charge in [-0.1, -0.05) is 0 Å². The van der Waals surface area contributed by atoms with Crippen LogP contribution in [-0.4, -0.2) is 0 Å². The minimum Gasteiger partial charge on any atom is -0.395 e. The highest BCUT2D eigenvalue weighted by molar-refractivity contribution is 7.33. The summed E-state index contributed by atoms with van der Waals surface area (Å²) in [7, 11) is 0.524. The highest BCUT2D eigenvalue weighted by Crippen LogP contribution is 2.22. The number of nitrogen functional groups attached to an aromatic ring is 1. The van der Waals surface area contributed by atoms with Crippen molar-refractivity contribution in [3.8, 4) is 6.07 Å². The highest BCUT2D eigenvalue weighted by atomic mass is 31.0. The minimum atomic E-state index is 0.524. The average Bonchev–Trinajstić information content (AvgIpc) is 2.14. The van der Waals surface area contributed by atoms with E-state index in [0.29, 0.717) is 19.2 Å². The van der Waals surface area contributed by atoms with E-state index in [1.54, 1.807) is 6.07 Å². The monoisotopic (exact) mass is 124 g/mol. The molecule has 0 bridgehead atoms. The second-order valence-electron chi connectivity index (χ2n) is 1.42. The van der Waals surface area contributed by atoms with Gasteiger partial charge in [0.15, 0.2) is 0 Å². The van der Waals surface area contributed by atoms with Crippen molar-refractivity contribution in [3.63, 3.8) is 0 Å². The van der Waals surface area contributed by atoms with Gasteiger partial charge < -0.3 is 5.73 Å². The maximum Gasteiger partial charge on any atom is 0.102 e. The summed E-state index contributed by atoms with van der Waals surface area (Å²) in [5.74, 6) is 1.91. The fourth-order valence-corrected chi connectivity index (χ4v) is 1.20. The van der Waals surface area contributed by atoms with Gasteiger partial charge in [-0.25, -0.2) is 0 Å². The lowest BCUT2D eigenvalue weighted by Gasteiger charge is -1.79. The van der Waals surface area contributed by atoms with Crippen LogP contribution in [0.15, 0.2) is 11.9 Å². The number of nitrogens with zero attached hydrogens (tertiary/aromatic N) is 1. The quantitative estimate of drug-likeness (QED) is 0.564. The van der Waals surface area contributed by atoms with E-state index in [1.165, 1.54) is 0 Å². The van der Waals surface area contributed by atoms with Crippen molar-refractivity contribution in [1.82, 2.24) is 0 Å². The molecular weight excluding hydrogens is 119 g/mol. The predicted octanol–water partition coefficient (Wildman–Crippen LogP) is 1.17. The Morgan fingerprint density at radius 3 is 2.75 bits per heavy atom. The molecule has 2 N–H and O–H groups in total. The molecule has 0 spiro atoms. The molecule has 1 atom stereocenters. The maximum absolute atomic E-state index is 8.30. The van der Waals surface area contributed by atoms with Crippen LogP contribution in [0.5, 0.6) is 0 Å². The number of nitrogens with two attached hydrogens (primary N) is 1. The third-order valence-corrected chi connectivity index (χ3v) is 1.81. The van der Waals surface area contributed by atoms with Gasteiger partial charge in [0.25, 0.3) is 0 Å². The zero-order valence-electron chi connectivity index (χ0n) is 4.18. The summed E-state index contributed by atoms with van der Waals surface area (Å²) >= 11 is 0. The molecular formula is C5H5N2P. The third kappa shape index (κ3) is 0.685. The van der Waals surface area contributed by atoms with Crippen molar-refractivity contribution in [2.75, 3.05) is 5.73 Å². The summed E-state index contributed by atoms with van der Waals surface area (Å²) in [6, 6.07) is 3.75. The molecule has 0 amide bonds. The zero-order chi connectivity index (χ0) is 5.98. The largest absolute Gasteiger partial charge is 0.395 e. The van der Waals surface area contributed by atoms with Crippen molar-refractivity contribution in [3.05, 3.63) is 17.4 Å². The Kier molecular flexibility index (Phi) is 1.24. The van der Waals surface area contributed by atoms with Crippen LogP contribution in [-0.2, 0) is 0 Å². The molecule has 0 aromatic carbocycles. The van der Waals surface area contributed by atoms with E-state index in [1.807, 2.05) is 11.9 Å². The lowest BCUT2D eigenvalue weighted by Crippen LogP contribution is -1.79. The fourth-order valence-electron chi connectivity index (χ4n) is 0.480. The Morgan fingerprint density at radius 1 is 1.75 bits per heavy atom. The summed E-state index contributed by atoms with van der Waals surface area (Å²) in [5.41, 5.74) is 6.74. The number of hydrogen-bond acceptors (Lipinski definition) is 2. The number of rotatable bonds is 0. The molecule has 0 radical (unpaired) electrons. The van der Waals surface area contributed by atoms with Gasteiger partial charge in [0.2, 0.25) is 0 Å². The van der Waals surface area contributed by atoms with Crippen LogP contribution in [0.25, 0.3) is 0 Å². The fraction of sp³-hybridized carbons (Fsp3) is 0. The molecule has 40 valence electrons. The smallest absolute Gasteiger partial charge is 0.102 e. The van der Waals surface area contributed by atoms with Crippen LogP contribution in [0.4, 0.5) is 5.42 Å². The molecule has 1 aromatic heterocycles. The van der Waals surface area contributed by atoms with Crippen molar-refractivity contribution in [2.45, 2.75) is 0 Å². The Hall–Kier alpha value is -0.930. The number of anilines is 1. The normalized spacial score (nSPS) is 9.38. The van der Waals surface area contributed by atoms with Crippen LogP contribution < -0.4 is 5.73 Å². The van der Waals surface area contributed by atoms with E-state index in [9.17, 15) is 0 Å². The Morgan fingerprint density at radius 2 is 2.50 bits per heavy atom. The van der Waals surface area contributed by atoms with Crippen molar-refractivity contribution < 1.29 is 0 Å². The molecule has 3 heteroatoms. The van der Waals surface area contributed by atoms with Gasteiger partial charge in [0.1, 0.15) is 6.07 Å². The lowest BCUT2D eigenvalue weighted by molar-refractivity contribution is 1.51. The summed E-state index contributed by atoms with van der Waals surface area (Å²) in [4.78, 5) is 0. The standard InChI is InChI=1S/C5H5N2P/c6-3-4-1-2-8-5(4)7/h1-2,8H,7H2. The third-order valence-electron chi connectivity index (χ3n) is 0.899. The van der Waals surface area contributed by atoms with Gasteiger partial charge in [-0.2, -0.15) is 5.26 Å². The van der Waals surface area contributed by atoms with Gasteiger partial charge in [-0.15, -0.1) is 8.19 Å². The van der Waals surface area contributed by atoms with Crippen LogP contribution in [0.1, 0.15) is 5.56 Å². The van der Waals surface area contributed by atoms with Crippen LogP contribution in [0.2, 0.25) is 0 Å². The first-order valence-electron chi connectivity index (χ1n) is 2.17. The Bertz CT molecular complexity index is 221. The Labute approximate surface area is 49.0 Å². The van der Waals surface area contributed by atoms with Gasteiger partial charge in [-0.3, -0.25) is 0 Å². The van der Waals surface area contributed by atoms with E-state index in [0.717, 1.165) is 0 Å². The molecule has 8 heavy (non-hydrogen) atoms. The molecule has 0 saturated heterocycles.